The monoisotopic (exact) mass is 183 g/mol. The first-order chi connectivity index (χ1) is 6.31. The van der Waals surface area contributed by atoms with Gasteiger partial charge < -0.3 is 10.1 Å². The van der Waals surface area contributed by atoms with Gasteiger partial charge in [0, 0.05) is 19.6 Å². The number of hydrogen-bond donors (Lipinski definition) is 1. The number of carbonyl (C=O) groups is 1. The zero-order valence-corrected chi connectivity index (χ0v) is 8.08. The summed E-state index contributed by atoms with van der Waals surface area (Å²) >= 11 is 0. The third-order valence-electron chi connectivity index (χ3n) is 3.22. The maximum atomic E-state index is 11.5. The van der Waals surface area contributed by atoms with Crippen LogP contribution >= 0.6 is 0 Å². The summed E-state index contributed by atoms with van der Waals surface area (Å²) in [5.74, 6) is 2.32. The van der Waals surface area contributed by atoms with Gasteiger partial charge in [-0.25, -0.2) is 0 Å². The minimum absolute atomic E-state index is 0.240. The molecule has 0 saturated heterocycles. The van der Waals surface area contributed by atoms with E-state index < -0.39 is 0 Å². The Balaban J connectivity index is 1.66. The van der Waals surface area contributed by atoms with E-state index in [1.165, 1.54) is 6.42 Å². The summed E-state index contributed by atoms with van der Waals surface area (Å²) in [6.45, 7) is 1.27. The Morgan fingerprint density at radius 2 is 2.08 bits per heavy atom. The molecular weight excluding hydrogens is 166 g/mol. The van der Waals surface area contributed by atoms with E-state index in [2.05, 4.69) is 5.32 Å². The van der Waals surface area contributed by atoms with Gasteiger partial charge in [0.05, 0.1) is 6.61 Å². The molecule has 3 nitrogen and oxygen atoms in total. The molecule has 0 bridgehead atoms. The quantitative estimate of drug-likeness (QED) is 0.654. The molecule has 74 valence electrons. The second-order valence-electron chi connectivity index (χ2n) is 4.21. The lowest BCUT2D eigenvalue weighted by atomic mass is 10.0. The molecule has 0 aromatic carbocycles. The van der Waals surface area contributed by atoms with Gasteiger partial charge in [0.25, 0.3) is 0 Å². The normalized spacial score (nSPS) is 35.6. The van der Waals surface area contributed by atoms with E-state index >= 15 is 0 Å². The lowest BCUT2D eigenvalue weighted by Crippen LogP contribution is -2.32. The number of fused-ring (bicyclic) bond motifs is 1. The van der Waals surface area contributed by atoms with Crippen molar-refractivity contribution in [1.82, 2.24) is 5.32 Å². The van der Waals surface area contributed by atoms with Crippen LogP contribution in [0.25, 0.3) is 0 Å². The molecule has 1 amide bonds. The van der Waals surface area contributed by atoms with Crippen molar-refractivity contribution in [2.45, 2.75) is 19.3 Å². The Hall–Kier alpha value is -0.570. The van der Waals surface area contributed by atoms with Gasteiger partial charge in [-0.05, 0) is 31.1 Å². The van der Waals surface area contributed by atoms with Gasteiger partial charge in [0.1, 0.15) is 0 Å². The van der Waals surface area contributed by atoms with E-state index in [4.69, 9.17) is 4.74 Å². The van der Waals surface area contributed by atoms with Crippen molar-refractivity contribution in [2.75, 3.05) is 20.3 Å². The minimum atomic E-state index is 0.240. The standard InChI is InChI=1S/C10H17NO2/c1-13-3-2-11-10(12)9-5-7-4-8(7)6-9/h7-9H,2-6H2,1H3,(H,11,12). The lowest BCUT2D eigenvalue weighted by molar-refractivity contribution is -0.125. The van der Waals surface area contributed by atoms with Crippen LogP contribution in [-0.2, 0) is 9.53 Å². The van der Waals surface area contributed by atoms with Crippen molar-refractivity contribution in [1.29, 1.82) is 0 Å². The highest BCUT2D eigenvalue weighted by atomic mass is 16.5. The topological polar surface area (TPSA) is 38.3 Å². The first-order valence-corrected chi connectivity index (χ1v) is 5.08. The van der Waals surface area contributed by atoms with Crippen LogP contribution in [0, 0.1) is 17.8 Å². The second kappa shape index (κ2) is 3.66. The van der Waals surface area contributed by atoms with E-state index in [9.17, 15) is 4.79 Å². The molecule has 13 heavy (non-hydrogen) atoms. The van der Waals surface area contributed by atoms with Crippen LogP contribution < -0.4 is 5.32 Å². The fraction of sp³-hybridized carbons (Fsp3) is 0.900. The average molecular weight is 183 g/mol. The Kier molecular flexibility index (Phi) is 2.54. The molecule has 1 N–H and O–H groups in total. The molecule has 2 aliphatic rings. The molecule has 0 heterocycles. The van der Waals surface area contributed by atoms with Crippen LogP contribution in [-0.4, -0.2) is 26.2 Å². The van der Waals surface area contributed by atoms with E-state index in [0.29, 0.717) is 19.1 Å². The molecule has 0 spiro atoms. The summed E-state index contributed by atoms with van der Waals surface area (Å²) in [5, 5.41) is 2.90. The highest BCUT2D eigenvalue weighted by Gasteiger charge is 2.47. The van der Waals surface area contributed by atoms with E-state index in [-0.39, 0.29) is 5.91 Å². The van der Waals surface area contributed by atoms with E-state index in [1.807, 2.05) is 0 Å². The van der Waals surface area contributed by atoms with Gasteiger partial charge >= 0.3 is 0 Å². The first kappa shape index (κ1) is 9.00. The molecule has 2 rings (SSSR count). The molecule has 0 radical (unpaired) electrons. The number of nitrogens with one attached hydrogen (secondary N) is 1. The third-order valence-corrected chi connectivity index (χ3v) is 3.22. The summed E-state index contributed by atoms with van der Waals surface area (Å²) in [6, 6.07) is 0. The minimum Gasteiger partial charge on any atom is -0.383 e. The van der Waals surface area contributed by atoms with Crippen molar-refractivity contribution in [2.24, 2.45) is 17.8 Å². The first-order valence-electron chi connectivity index (χ1n) is 5.08. The highest BCUT2D eigenvalue weighted by molar-refractivity contribution is 5.79. The summed E-state index contributed by atoms with van der Waals surface area (Å²) < 4.78 is 4.87. The van der Waals surface area contributed by atoms with Crippen LogP contribution in [0.2, 0.25) is 0 Å². The Bertz CT molecular complexity index is 195. The second-order valence-corrected chi connectivity index (χ2v) is 4.21. The number of amides is 1. The predicted molar refractivity (Wildman–Crippen MR) is 49.2 cm³/mol. The average Bonchev–Trinajstić information content (AvgIpc) is 2.74. The van der Waals surface area contributed by atoms with Crippen LogP contribution in [0.4, 0.5) is 0 Å². The molecular formula is C10H17NO2. The fourth-order valence-electron chi connectivity index (χ4n) is 2.35. The highest BCUT2D eigenvalue weighted by Crippen LogP contribution is 2.54. The summed E-state index contributed by atoms with van der Waals surface area (Å²) in [7, 11) is 1.65. The molecule has 2 saturated carbocycles. The summed E-state index contributed by atoms with van der Waals surface area (Å²) in [6.07, 6.45) is 3.63. The number of ether oxygens (including phenoxy) is 1. The lowest BCUT2D eigenvalue weighted by Gasteiger charge is -2.11. The third kappa shape index (κ3) is 2.02. The molecule has 0 aromatic heterocycles. The number of rotatable bonds is 4. The van der Waals surface area contributed by atoms with Crippen molar-refractivity contribution < 1.29 is 9.53 Å². The van der Waals surface area contributed by atoms with Crippen molar-refractivity contribution in [3.63, 3.8) is 0 Å². The summed E-state index contributed by atoms with van der Waals surface area (Å²) in [5.41, 5.74) is 0. The Morgan fingerprint density at radius 1 is 1.38 bits per heavy atom. The van der Waals surface area contributed by atoms with Gasteiger partial charge in [-0.3, -0.25) is 4.79 Å². The van der Waals surface area contributed by atoms with Crippen LogP contribution in [0.5, 0.6) is 0 Å². The molecule has 0 aliphatic heterocycles. The largest absolute Gasteiger partial charge is 0.383 e. The molecule has 2 aliphatic carbocycles. The fourth-order valence-corrected chi connectivity index (χ4v) is 2.35. The van der Waals surface area contributed by atoms with Gasteiger partial charge in [0.15, 0.2) is 0 Å². The zero-order valence-electron chi connectivity index (χ0n) is 8.08. The SMILES string of the molecule is COCCNC(=O)C1CC2CC2C1. The number of hydrogen-bond acceptors (Lipinski definition) is 2. The summed E-state index contributed by atoms with van der Waals surface area (Å²) in [4.78, 5) is 11.5. The predicted octanol–water partition coefficient (Wildman–Crippen LogP) is 0.795. The smallest absolute Gasteiger partial charge is 0.223 e. The zero-order chi connectivity index (χ0) is 9.26. The van der Waals surface area contributed by atoms with Crippen LogP contribution in [0.15, 0.2) is 0 Å². The van der Waals surface area contributed by atoms with Crippen molar-refractivity contribution in [3.8, 4) is 0 Å². The van der Waals surface area contributed by atoms with Gasteiger partial charge in [-0.15, -0.1) is 0 Å². The Labute approximate surface area is 78.8 Å². The number of methoxy groups -OCH3 is 1. The molecule has 2 atom stereocenters. The molecule has 2 fully saturated rings. The van der Waals surface area contributed by atoms with Crippen LogP contribution in [0.3, 0.4) is 0 Å². The van der Waals surface area contributed by atoms with Crippen LogP contribution in [0.1, 0.15) is 19.3 Å². The van der Waals surface area contributed by atoms with E-state index in [1.54, 1.807) is 7.11 Å². The molecule has 0 aromatic rings. The Morgan fingerprint density at radius 3 is 2.69 bits per heavy atom. The van der Waals surface area contributed by atoms with Gasteiger partial charge in [0.2, 0.25) is 5.91 Å². The van der Waals surface area contributed by atoms with Crippen molar-refractivity contribution in [3.05, 3.63) is 0 Å². The van der Waals surface area contributed by atoms with Gasteiger partial charge in [-0.1, -0.05) is 0 Å². The molecule has 2 unspecified atom stereocenters. The maximum absolute atomic E-state index is 11.5. The maximum Gasteiger partial charge on any atom is 0.223 e. The van der Waals surface area contributed by atoms with E-state index in [0.717, 1.165) is 24.7 Å². The van der Waals surface area contributed by atoms with Gasteiger partial charge in [-0.2, -0.15) is 0 Å². The molecule has 3 heteroatoms. The number of carbonyl (C=O) groups excluding carboxylic acids is 1. The van der Waals surface area contributed by atoms with Crippen molar-refractivity contribution >= 4 is 5.91 Å².